The van der Waals surface area contributed by atoms with Crippen molar-refractivity contribution in [2.24, 2.45) is 0 Å². The van der Waals surface area contributed by atoms with E-state index in [-0.39, 0.29) is 30.0 Å². The van der Waals surface area contributed by atoms with Crippen molar-refractivity contribution >= 4 is 15.8 Å². The van der Waals surface area contributed by atoms with Gasteiger partial charge in [-0.2, -0.15) is 0 Å². The van der Waals surface area contributed by atoms with E-state index < -0.39 is 15.8 Å². The van der Waals surface area contributed by atoms with E-state index >= 15 is 0 Å². The van der Waals surface area contributed by atoms with Gasteiger partial charge in [-0.15, -0.1) is 0 Å². The van der Waals surface area contributed by atoms with Crippen LogP contribution in [0.2, 0.25) is 0 Å². The maximum atomic E-state index is 12.2. The summed E-state index contributed by atoms with van der Waals surface area (Å²) in [5.41, 5.74) is 2.19. The summed E-state index contributed by atoms with van der Waals surface area (Å²) in [5, 5.41) is 8.94. The monoisotopic (exact) mass is 382 g/mol. The molecule has 0 amide bonds. The summed E-state index contributed by atoms with van der Waals surface area (Å²) in [6.07, 6.45) is 0.0426. The highest BCUT2D eigenvalue weighted by Gasteiger charge is 2.46. The standard InChI is InChI=1S/C18H26N2O5S/c1-13-9-14(3-4-17(13)25-2)10-20-8-7-19(6-5-18(21)22)15-11-26(23,24)12-16(15)20/h3-4,9,15-16H,5-8,10-12H2,1-2H3,(H,21,22)/t15-,16+/m1/s1. The van der Waals surface area contributed by atoms with E-state index in [9.17, 15) is 13.2 Å². The molecule has 2 aliphatic heterocycles. The molecule has 0 radical (unpaired) electrons. The highest BCUT2D eigenvalue weighted by molar-refractivity contribution is 7.91. The van der Waals surface area contributed by atoms with Crippen LogP contribution < -0.4 is 4.74 Å². The second kappa shape index (κ2) is 7.54. The van der Waals surface area contributed by atoms with Crippen molar-refractivity contribution in [1.29, 1.82) is 0 Å². The average Bonchev–Trinajstić information content (AvgIpc) is 2.90. The number of aliphatic carboxylic acids is 1. The number of aryl methyl sites for hydroxylation is 1. The van der Waals surface area contributed by atoms with Crippen LogP contribution >= 0.6 is 0 Å². The molecular formula is C18H26N2O5S. The summed E-state index contributed by atoms with van der Waals surface area (Å²) in [6, 6.07) is 5.84. The first-order valence-electron chi connectivity index (χ1n) is 8.83. The molecule has 2 fully saturated rings. The molecule has 0 aromatic heterocycles. The molecule has 8 heteroatoms. The van der Waals surface area contributed by atoms with E-state index in [1.807, 2.05) is 24.0 Å². The van der Waals surface area contributed by atoms with Crippen LogP contribution in [0.4, 0.5) is 0 Å². The minimum absolute atomic E-state index is 0.0426. The topological polar surface area (TPSA) is 87.2 Å². The molecule has 2 heterocycles. The van der Waals surface area contributed by atoms with Gasteiger partial charge in [0.2, 0.25) is 0 Å². The number of benzene rings is 1. The number of sulfone groups is 1. The number of carboxylic acids is 1. The Balaban J connectivity index is 1.75. The first kappa shape index (κ1) is 19.1. The molecule has 0 bridgehead atoms. The Kier molecular flexibility index (Phi) is 5.55. The second-order valence-electron chi connectivity index (χ2n) is 7.17. The normalized spacial score (nSPS) is 25.8. The Morgan fingerprint density at radius 1 is 1.23 bits per heavy atom. The fourth-order valence-corrected chi connectivity index (χ4v) is 6.13. The van der Waals surface area contributed by atoms with Gasteiger partial charge in [0, 0.05) is 38.3 Å². The maximum absolute atomic E-state index is 12.2. The molecule has 1 aromatic carbocycles. The number of methoxy groups -OCH3 is 1. The van der Waals surface area contributed by atoms with Gasteiger partial charge in [-0.25, -0.2) is 8.42 Å². The first-order chi connectivity index (χ1) is 12.3. The van der Waals surface area contributed by atoms with Crippen molar-refractivity contribution in [3.05, 3.63) is 29.3 Å². The molecule has 0 unspecified atom stereocenters. The first-order valence-corrected chi connectivity index (χ1v) is 10.6. The Morgan fingerprint density at radius 3 is 2.50 bits per heavy atom. The number of fused-ring (bicyclic) bond motifs is 1. The van der Waals surface area contributed by atoms with Crippen LogP contribution in [-0.4, -0.2) is 79.6 Å². The van der Waals surface area contributed by atoms with Crippen molar-refractivity contribution in [2.75, 3.05) is 38.2 Å². The van der Waals surface area contributed by atoms with Crippen molar-refractivity contribution in [3.8, 4) is 5.75 Å². The van der Waals surface area contributed by atoms with E-state index in [0.717, 1.165) is 23.4 Å². The zero-order chi connectivity index (χ0) is 18.9. The number of nitrogens with zero attached hydrogens (tertiary/aromatic N) is 2. The zero-order valence-corrected chi connectivity index (χ0v) is 16.0. The zero-order valence-electron chi connectivity index (χ0n) is 15.2. The average molecular weight is 382 g/mol. The fourth-order valence-electron chi connectivity index (χ4n) is 4.08. The van der Waals surface area contributed by atoms with Gasteiger partial charge in [-0.1, -0.05) is 12.1 Å². The summed E-state index contributed by atoms with van der Waals surface area (Å²) in [6.45, 7) is 4.52. The minimum Gasteiger partial charge on any atom is -0.496 e. The van der Waals surface area contributed by atoms with E-state index in [1.165, 1.54) is 0 Å². The number of piperazine rings is 1. The van der Waals surface area contributed by atoms with Gasteiger partial charge >= 0.3 is 5.97 Å². The predicted molar refractivity (Wildman–Crippen MR) is 98.2 cm³/mol. The van der Waals surface area contributed by atoms with E-state index in [4.69, 9.17) is 9.84 Å². The van der Waals surface area contributed by atoms with Gasteiger partial charge in [0.15, 0.2) is 9.84 Å². The molecule has 1 N–H and O–H groups in total. The number of hydrogen-bond acceptors (Lipinski definition) is 6. The highest BCUT2D eigenvalue weighted by atomic mass is 32.2. The quantitative estimate of drug-likeness (QED) is 0.777. The molecule has 1 aromatic rings. The van der Waals surface area contributed by atoms with Crippen molar-refractivity contribution in [1.82, 2.24) is 9.80 Å². The smallest absolute Gasteiger partial charge is 0.304 e. The summed E-state index contributed by atoms with van der Waals surface area (Å²) >= 11 is 0. The second-order valence-corrected chi connectivity index (χ2v) is 9.32. The molecular weight excluding hydrogens is 356 g/mol. The van der Waals surface area contributed by atoms with Crippen LogP contribution in [0.1, 0.15) is 17.5 Å². The van der Waals surface area contributed by atoms with E-state index in [2.05, 4.69) is 11.0 Å². The third-order valence-electron chi connectivity index (χ3n) is 5.36. The molecule has 7 nitrogen and oxygen atoms in total. The number of ether oxygens (including phenoxy) is 1. The van der Waals surface area contributed by atoms with Crippen LogP contribution in [0, 0.1) is 6.92 Å². The molecule has 2 aliphatic rings. The van der Waals surface area contributed by atoms with Crippen molar-refractivity contribution in [3.63, 3.8) is 0 Å². The SMILES string of the molecule is COc1ccc(CN2CCN(CCC(=O)O)[C@@H]3CS(=O)(=O)C[C@@H]32)cc1C. The van der Waals surface area contributed by atoms with Crippen LogP contribution in [0.15, 0.2) is 18.2 Å². The molecule has 0 spiro atoms. The lowest BCUT2D eigenvalue weighted by Gasteiger charge is -2.44. The van der Waals surface area contributed by atoms with Gasteiger partial charge in [0.1, 0.15) is 5.75 Å². The number of carboxylic acid groups (broad SMARTS) is 1. The van der Waals surface area contributed by atoms with Crippen LogP contribution in [-0.2, 0) is 21.2 Å². The largest absolute Gasteiger partial charge is 0.496 e. The lowest BCUT2D eigenvalue weighted by Crippen LogP contribution is -2.58. The highest BCUT2D eigenvalue weighted by Crippen LogP contribution is 2.29. The summed E-state index contributed by atoms with van der Waals surface area (Å²) in [5.74, 6) is 0.262. The predicted octanol–water partition coefficient (Wildman–Crippen LogP) is 0.762. The Bertz CT molecular complexity index is 780. The summed E-state index contributed by atoms with van der Waals surface area (Å²) in [7, 11) is -1.45. The van der Waals surface area contributed by atoms with Crippen molar-refractivity contribution < 1.29 is 23.1 Å². The van der Waals surface area contributed by atoms with E-state index in [1.54, 1.807) is 7.11 Å². The molecule has 3 rings (SSSR count). The van der Waals surface area contributed by atoms with Crippen LogP contribution in [0.3, 0.4) is 0 Å². The van der Waals surface area contributed by atoms with E-state index in [0.29, 0.717) is 19.6 Å². The Labute approximate surface area is 154 Å². The molecule has 26 heavy (non-hydrogen) atoms. The van der Waals surface area contributed by atoms with Crippen molar-refractivity contribution in [2.45, 2.75) is 32.0 Å². The van der Waals surface area contributed by atoms with Gasteiger partial charge in [-0.3, -0.25) is 14.6 Å². The minimum atomic E-state index is -3.10. The number of hydrogen-bond donors (Lipinski definition) is 1. The van der Waals surface area contributed by atoms with Crippen LogP contribution in [0.25, 0.3) is 0 Å². The summed E-state index contributed by atoms with van der Waals surface area (Å²) in [4.78, 5) is 15.2. The summed E-state index contributed by atoms with van der Waals surface area (Å²) < 4.78 is 29.8. The lowest BCUT2D eigenvalue weighted by atomic mass is 10.0. The lowest BCUT2D eigenvalue weighted by molar-refractivity contribution is -0.137. The number of carbonyl (C=O) groups is 1. The molecule has 2 saturated heterocycles. The van der Waals surface area contributed by atoms with Gasteiger partial charge in [0.05, 0.1) is 25.0 Å². The third-order valence-corrected chi connectivity index (χ3v) is 7.06. The fraction of sp³-hybridized carbons (Fsp3) is 0.611. The van der Waals surface area contributed by atoms with Gasteiger partial charge < -0.3 is 9.84 Å². The third kappa shape index (κ3) is 4.19. The Morgan fingerprint density at radius 2 is 1.88 bits per heavy atom. The molecule has 144 valence electrons. The molecule has 2 atom stereocenters. The molecule has 0 saturated carbocycles. The molecule has 0 aliphatic carbocycles. The number of rotatable bonds is 6. The van der Waals surface area contributed by atoms with Gasteiger partial charge in [-0.05, 0) is 24.1 Å². The van der Waals surface area contributed by atoms with Gasteiger partial charge in [0.25, 0.3) is 0 Å². The van der Waals surface area contributed by atoms with Crippen LogP contribution in [0.5, 0.6) is 5.75 Å². The maximum Gasteiger partial charge on any atom is 0.304 e. The Hall–Kier alpha value is -1.64.